The van der Waals surface area contributed by atoms with Gasteiger partial charge in [0.25, 0.3) is 0 Å². The zero-order valence-corrected chi connectivity index (χ0v) is 12.3. The molecule has 1 amide bonds. The van der Waals surface area contributed by atoms with Crippen LogP contribution in [0.25, 0.3) is 0 Å². The predicted octanol–water partition coefficient (Wildman–Crippen LogP) is 1.10. The molecule has 5 heteroatoms. The summed E-state index contributed by atoms with van der Waals surface area (Å²) in [6.45, 7) is 7.03. The Morgan fingerprint density at radius 1 is 1.30 bits per heavy atom. The maximum atomic E-state index is 11.3. The Hall–Kier alpha value is -1.59. The number of nitrogens with one attached hydrogen (secondary N) is 2. The van der Waals surface area contributed by atoms with Crippen molar-refractivity contribution < 1.29 is 15.0 Å². The molecule has 0 aliphatic carbocycles. The summed E-state index contributed by atoms with van der Waals surface area (Å²) in [6.07, 6.45) is -0.630. The largest absolute Gasteiger partial charge is 0.508 e. The average Bonchev–Trinajstić information content (AvgIpc) is 2.40. The van der Waals surface area contributed by atoms with Gasteiger partial charge in [-0.25, -0.2) is 0 Å². The van der Waals surface area contributed by atoms with Crippen molar-refractivity contribution in [3.63, 3.8) is 0 Å². The van der Waals surface area contributed by atoms with Gasteiger partial charge in [-0.1, -0.05) is 19.9 Å². The number of aliphatic hydroxyl groups excluding tert-OH is 1. The van der Waals surface area contributed by atoms with Crippen LogP contribution in [0.15, 0.2) is 18.2 Å². The first-order valence-electron chi connectivity index (χ1n) is 6.87. The van der Waals surface area contributed by atoms with Gasteiger partial charge in [0, 0.05) is 25.6 Å². The van der Waals surface area contributed by atoms with Crippen molar-refractivity contribution in [3.05, 3.63) is 29.3 Å². The Labute approximate surface area is 120 Å². The van der Waals surface area contributed by atoms with E-state index in [1.807, 2.05) is 13.8 Å². The number of aromatic hydroxyl groups is 1. The van der Waals surface area contributed by atoms with Crippen LogP contribution in [0.5, 0.6) is 5.75 Å². The first kappa shape index (κ1) is 16.5. The van der Waals surface area contributed by atoms with Crippen LogP contribution in [0.1, 0.15) is 31.1 Å². The van der Waals surface area contributed by atoms with Crippen molar-refractivity contribution in [2.24, 2.45) is 5.92 Å². The second-order valence-corrected chi connectivity index (χ2v) is 5.21. The van der Waals surface area contributed by atoms with Crippen molar-refractivity contribution in [3.8, 4) is 5.75 Å². The highest BCUT2D eigenvalue weighted by molar-refractivity contribution is 5.77. The standard InChI is InChI=1S/C15H24N2O3/c1-10(2)15(20)17-7-6-16-9-14(19)12-4-5-13(18)11(3)8-12/h4-5,8,10,14,16,18-19H,6-7,9H2,1-3H3,(H,17,20). The smallest absolute Gasteiger partial charge is 0.222 e. The first-order valence-corrected chi connectivity index (χ1v) is 6.87. The van der Waals surface area contributed by atoms with Crippen LogP contribution in [0.4, 0.5) is 0 Å². The van der Waals surface area contributed by atoms with E-state index in [1.54, 1.807) is 25.1 Å². The molecule has 0 bridgehead atoms. The Morgan fingerprint density at radius 2 is 2.00 bits per heavy atom. The maximum absolute atomic E-state index is 11.3. The number of rotatable bonds is 7. The molecule has 0 radical (unpaired) electrons. The Morgan fingerprint density at radius 3 is 2.60 bits per heavy atom. The summed E-state index contributed by atoms with van der Waals surface area (Å²) in [4.78, 5) is 11.3. The molecule has 1 atom stereocenters. The molecule has 0 saturated heterocycles. The lowest BCUT2D eigenvalue weighted by Gasteiger charge is -2.14. The van der Waals surface area contributed by atoms with Crippen LogP contribution in [-0.2, 0) is 4.79 Å². The summed E-state index contributed by atoms with van der Waals surface area (Å²) in [6, 6.07) is 5.05. The number of aliphatic hydroxyl groups is 1. The number of hydrogen-bond acceptors (Lipinski definition) is 4. The summed E-state index contributed by atoms with van der Waals surface area (Å²) >= 11 is 0. The average molecular weight is 280 g/mol. The molecule has 4 N–H and O–H groups in total. The van der Waals surface area contributed by atoms with Crippen LogP contribution in [0, 0.1) is 12.8 Å². The van der Waals surface area contributed by atoms with E-state index in [-0.39, 0.29) is 17.6 Å². The van der Waals surface area contributed by atoms with Gasteiger partial charge in [0.2, 0.25) is 5.91 Å². The minimum absolute atomic E-state index is 0.0134. The van der Waals surface area contributed by atoms with E-state index in [2.05, 4.69) is 10.6 Å². The van der Waals surface area contributed by atoms with Gasteiger partial charge in [0.1, 0.15) is 5.75 Å². The lowest BCUT2D eigenvalue weighted by Crippen LogP contribution is -2.35. The minimum Gasteiger partial charge on any atom is -0.508 e. The van der Waals surface area contributed by atoms with Gasteiger partial charge in [-0.3, -0.25) is 4.79 Å². The second-order valence-electron chi connectivity index (χ2n) is 5.21. The monoisotopic (exact) mass is 280 g/mol. The fourth-order valence-electron chi connectivity index (χ4n) is 1.72. The topological polar surface area (TPSA) is 81.6 Å². The minimum atomic E-state index is -0.630. The third-order valence-electron chi connectivity index (χ3n) is 3.07. The van der Waals surface area contributed by atoms with Crippen molar-refractivity contribution in [2.75, 3.05) is 19.6 Å². The lowest BCUT2D eigenvalue weighted by molar-refractivity contribution is -0.123. The fraction of sp³-hybridized carbons (Fsp3) is 0.533. The van der Waals surface area contributed by atoms with Crippen LogP contribution < -0.4 is 10.6 Å². The van der Waals surface area contributed by atoms with E-state index >= 15 is 0 Å². The van der Waals surface area contributed by atoms with Crippen LogP contribution >= 0.6 is 0 Å². The molecule has 1 aromatic carbocycles. The van der Waals surface area contributed by atoms with Gasteiger partial charge in [-0.2, -0.15) is 0 Å². The van der Waals surface area contributed by atoms with Crippen LogP contribution in [0.2, 0.25) is 0 Å². The Bertz CT molecular complexity index is 447. The highest BCUT2D eigenvalue weighted by Gasteiger charge is 2.09. The summed E-state index contributed by atoms with van der Waals surface area (Å²) in [5, 5.41) is 25.3. The Balaban J connectivity index is 2.28. The molecule has 0 aliphatic rings. The second kappa shape index (κ2) is 7.87. The zero-order valence-electron chi connectivity index (χ0n) is 12.3. The van der Waals surface area contributed by atoms with Crippen molar-refractivity contribution in [2.45, 2.75) is 26.9 Å². The van der Waals surface area contributed by atoms with Gasteiger partial charge in [0.15, 0.2) is 0 Å². The number of benzene rings is 1. The molecule has 0 spiro atoms. The van der Waals surface area contributed by atoms with E-state index in [1.165, 1.54) is 0 Å². The molecule has 1 unspecified atom stereocenters. The number of amides is 1. The first-order chi connectivity index (χ1) is 9.41. The van der Waals surface area contributed by atoms with Crippen molar-refractivity contribution in [1.82, 2.24) is 10.6 Å². The quantitative estimate of drug-likeness (QED) is 0.564. The highest BCUT2D eigenvalue weighted by Crippen LogP contribution is 2.20. The van der Waals surface area contributed by atoms with E-state index in [4.69, 9.17) is 0 Å². The number of carbonyl (C=O) groups is 1. The van der Waals surface area contributed by atoms with Crippen molar-refractivity contribution in [1.29, 1.82) is 0 Å². The fourth-order valence-corrected chi connectivity index (χ4v) is 1.72. The van der Waals surface area contributed by atoms with Crippen LogP contribution in [-0.4, -0.2) is 35.8 Å². The molecule has 1 aromatic rings. The third-order valence-corrected chi connectivity index (χ3v) is 3.07. The predicted molar refractivity (Wildman–Crippen MR) is 78.5 cm³/mol. The Kier molecular flexibility index (Phi) is 6.48. The summed E-state index contributed by atoms with van der Waals surface area (Å²) < 4.78 is 0. The molecule has 20 heavy (non-hydrogen) atoms. The number of phenolic OH excluding ortho intramolecular Hbond substituents is 1. The normalized spacial score (nSPS) is 12.4. The lowest BCUT2D eigenvalue weighted by atomic mass is 10.1. The van der Waals surface area contributed by atoms with Gasteiger partial charge >= 0.3 is 0 Å². The van der Waals surface area contributed by atoms with Crippen LogP contribution in [0.3, 0.4) is 0 Å². The van der Waals surface area contributed by atoms with Gasteiger partial charge in [0.05, 0.1) is 6.10 Å². The maximum Gasteiger partial charge on any atom is 0.222 e. The molecule has 0 saturated carbocycles. The number of carbonyl (C=O) groups excluding carboxylic acids is 1. The molecule has 0 fully saturated rings. The summed E-state index contributed by atoms with van der Waals surface area (Å²) in [5.41, 5.74) is 1.50. The van der Waals surface area contributed by atoms with Gasteiger partial charge < -0.3 is 20.8 Å². The number of phenols is 1. The summed E-state index contributed by atoms with van der Waals surface area (Å²) in [7, 11) is 0. The highest BCUT2D eigenvalue weighted by atomic mass is 16.3. The molecular weight excluding hydrogens is 256 g/mol. The molecule has 0 aromatic heterocycles. The van der Waals surface area contributed by atoms with E-state index in [0.717, 1.165) is 11.1 Å². The van der Waals surface area contributed by atoms with Gasteiger partial charge in [-0.05, 0) is 30.2 Å². The molecule has 5 nitrogen and oxygen atoms in total. The van der Waals surface area contributed by atoms with E-state index in [9.17, 15) is 15.0 Å². The van der Waals surface area contributed by atoms with E-state index < -0.39 is 6.10 Å². The molecule has 0 heterocycles. The molecule has 112 valence electrons. The van der Waals surface area contributed by atoms with Crippen molar-refractivity contribution >= 4 is 5.91 Å². The van der Waals surface area contributed by atoms with E-state index in [0.29, 0.717) is 19.6 Å². The zero-order chi connectivity index (χ0) is 15.1. The number of hydrogen-bond donors (Lipinski definition) is 4. The number of aryl methyl sites for hydroxylation is 1. The molecule has 1 rings (SSSR count). The SMILES string of the molecule is Cc1cc(C(O)CNCCNC(=O)C(C)C)ccc1O. The van der Waals surface area contributed by atoms with Gasteiger partial charge in [-0.15, -0.1) is 0 Å². The molecule has 0 aliphatic heterocycles. The third kappa shape index (κ3) is 5.19. The summed E-state index contributed by atoms with van der Waals surface area (Å²) in [5.74, 6) is 0.243. The molecular formula is C15H24N2O3.